The predicted molar refractivity (Wildman–Crippen MR) is 72.0 cm³/mol. The minimum atomic E-state index is 0.778. The molecule has 3 aromatic heterocycles. The summed E-state index contributed by atoms with van der Waals surface area (Å²) in [6.07, 6.45) is 4.62. The standard InChI is InChI=1S/C12H13N5S/c1-9-15-16-12-11(14-5-6-17(9)12)13-4-2-10-3-7-18-8-10/h3,5-8H,2,4H2,1H3,(H,13,14). The number of rotatable bonds is 4. The first-order valence-corrected chi connectivity index (χ1v) is 6.70. The molecule has 0 aromatic carbocycles. The van der Waals surface area contributed by atoms with Gasteiger partial charge in [-0.05, 0) is 35.7 Å². The maximum Gasteiger partial charge on any atom is 0.203 e. The molecule has 92 valence electrons. The van der Waals surface area contributed by atoms with Crippen molar-refractivity contribution in [2.24, 2.45) is 0 Å². The number of aryl methyl sites for hydroxylation is 1. The van der Waals surface area contributed by atoms with Crippen molar-refractivity contribution in [1.29, 1.82) is 0 Å². The average molecular weight is 259 g/mol. The van der Waals surface area contributed by atoms with Crippen molar-refractivity contribution in [1.82, 2.24) is 19.6 Å². The molecule has 1 N–H and O–H groups in total. The molecule has 0 amide bonds. The fraction of sp³-hybridized carbons (Fsp3) is 0.250. The van der Waals surface area contributed by atoms with Crippen LogP contribution in [0.25, 0.3) is 5.65 Å². The summed E-state index contributed by atoms with van der Waals surface area (Å²) < 4.78 is 1.93. The lowest BCUT2D eigenvalue weighted by atomic mass is 10.2. The largest absolute Gasteiger partial charge is 0.367 e. The van der Waals surface area contributed by atoms with Gasteiger partial charge < -0.3 is 5.32 Å². The molecule has 6 heteroatoms. The molecule has 0 bridgehead atoms. The van der Waals surface area contributed by atoms with Crippen LogP contribution >= 0.6 is 11.3 Å². The van der Waals surface area contributed by atoms with Crippen LogP contribution in [0.4, 0.5) is 5.82 Å². The van der Waals surface area contributed by atoms with E-state index in [2.05, 4.69) is 37.3 Å². The minimum Gasteiger partial charge on any atom is -0.367 e. The first-order chi connectivity index (χ1) is 8.84. The molecule has 5 nitrogen and oxygen atoms in total. The molecule has 0 unspecified atom stereocenters. The van der Waals surface area contributed by atoms with Crippen LogP contribution in [0.15, 0.2) is 29.2 Å². The highest BCUT2D eigenvalue weighted by Gasteiger charge is 2.06. The lowest BCUT2D eigenvalue weighted by molar-refractivity contribution is 0.990. The predicted octanol–water partition coefficient (Wildman–Crippen LogP) is 2.15. The highest BCUT2D eigenvalue weighted by Crippen LogP contribution is 2.12. The summed E-state index contributed by atoms with van der Waals surface area (Å²) in [5.74, 6) is 1.65. The molecular weight excluding hydrogens is 246 g/mol. The van der Waals surface area contributed by atoms with E-state index in [9.17, 15) is 0 Å². The van der Waals surface area contributed by atoms with Gasteiger partial charge in [-0.15, -0.1) is 10.2 Å². The van der Waals surface area contributed by atoms with Crippen LogP contribution in [0.2, 0.25) is 0 Å². The zero-order valence-corrected chi connectivity index (χ0v) is 10.8. The van der Waals surface area contributed by atoms with Crippen LogP contribution in [-0.2, 0) is 6.42 Å². The lowest BCUT2D eigenvalue weighted by Crippen LogP contribution is -2.07. The van der Waals surface area contributed by atoms with Gasteiger partial charge in [-0.1, -0.05) is 0 Å². The van der Waals surface area contributed by atoms with Crippen molar-refractivity contribution < 1.29 is 0 Å². The number of anilines is 1. The van der Waals surface area contributed by atoms with E-state index >= 15 is 0 Å². The van der Waals surface area contributed by atoms with Crippen LogP contribution in [0.5, 0.6) is 0 Å². The molecule has 0 atom stereocenters. The molecule has 0 aliphatic carbocycles. The van der Waals surface area contributed by atoms with Gasteiger partial charge in [0.1, 0.15) is 5.82 Å². The number of hydrogen-bond acceptors (Lipinski definition) is 5. The van der Waals surface area contributed by atoms with E-state index in [1.165, 1.54) is 5.56 Å². The highest BCUT2D eigenvalue weighted by atomic mass is 32.1. The van der Waals surface area contributed by atoms with Crippen LogP contribution in [0.1, 0.15) is 11.4 Å². The van der Waals surface area contributed by atoms with Gasteiger partial charge in [-0.25, -0.2) is 4.98 Å². The number of nitrogens with zero attached hydrogens (tertiary/aromatic N) is 4. The summed E-state index contributed by atoms with van der Waals surface area (Å²) in [4.78, 5) is 4.31. The number of aromatic nitrogens is 4. The molecule has 3 heterocycles. The number of fused-ring (bicyclic) bond motifs is 1. The fourth-order valence-corrected chi connectivity index (χ4v) is 2.53. The van der Waals surface area contributed by atoms with Crippen molar-refractivity contribution in [2.75, 3.05) is 11.9 Å². The summed E-state index contributed by atoms with van der Waals surface area (Å²) in [5.41, 5.74) is 2.12. The number of thiophene rings is 1. The summed E-state index contributed by atoms with van der Waals surface area (Å²) in [5, 5.41) is 15.7. The average Bonchev–Trinajstić information content (AvgIpc) is 3.01. The van der Waals surface area contributed by atoms with Crippen molar-refractivity contribution >= 4 is 22.8 Å². The van der Waals surface area contributed by atoms with Crippen molar-refractivity contribution in [3.05, 3.63) is 40.6 Å². The van der Waals surface area contributed by atoms with Crippen LogP contribution in [0.3, 0.4) is 0 Å². The van der Waals surface area contributed by atoms with E-state index in [0.29, 0.717) is 0 Å². The zero-order chi connectivity index (χ0) is 12.4. The Morgan fingerprint density at radius 1 is 1.39 bits per heavy atom. The minimum absolute atomic E-state index is 0.778. The second kappa shape index (κ2) is 4.73. The van der Waals surface area contributed by atoms with Gasteiger partial charge in [-0.3, -0.25) is 4.40 Å². The van der Waals surface area contributed by atoms with Gasteiger partial charge in [-0.2, -0.15) is 11.3 Å². The molecule has 18 heavy (non-hydrogen) atoms. The first-order valence-electron chi connectivity index (χ1n) is 5.76. The van der Waals surface area contributed by atoms with E-state index in [-0.39, 0.29) is 0 Å². The second-order valence-electron chi connectivity index (χ2n) is 4.03. The van der Waals surface area contributed by atoms with E-state index in [1.807, 2.05) is 17.5 Å². The van der Waals surface area contributed by atoms with Crippen LogP contribution in [-0.4, -0.2) is 26.1 Å². The topological polar surface area (TPSA) is 55.1 Å². The summed E-state index contributed by atoms with van der Waals surface area (Å²) >= 11 is 1.72. The molecule has 0 fully saturated rings. The van der Waals surface area contributed by atoms with Gasteiger partial charge >= 0.3 is 0 Å². The first kappa shape index (κ1) is 11.2. The van der Waals surface area contributed by atoms with E-state index in [0.717, 1.165) is 30.3 Å². The Morgan fingerprint density at radius 3 is 3.17 bits per heavy atom. The third-order valence-electron chi connectivity index (χ3n) is 2.78. The van der Waals surface area contributed by atoms with Crippen LogP contribution in [0, 0.1) is 6.92 Å². The van der Waals surface area contributed by atoms with Crippen LogP contribution < -0.4 is 5.32 Å². The smallest absolute Gasteiger partial charge is 0.203 e. The van der Waals surface area contributed by atoms with Gasteiger partial charge in [0, 0.05) is 18.9 Å². The van der Waals surface area contributed by atoms with Crippen molar-refractivity contribution in [3.8, 4) is 0 Å². The van der Waals surface area contributed by atoms with Gasteiger partial charge in [0.05, 0.1) is 0 Å². The Balaban J connectivity index is 1.74. The van der Waals surface area contributed by atoms with Gasteiger partial charge in [0.15, 0.2) is 5.82 Å². The monoisotopic (exact) mass is 259 g/mol. The Kier molecular flexibility index (Phi) is 2.93. The lowest BCUT2D eigenvalue weighted by Gasteiger charge is -2.05. The Hall–Kier alpha value is -1.95. The molecule has 0 aliphatic heterocycles. The maximum atomic E-state index is 4.31. The van der Waals surface area contributed by atoms with E-state index in [1.54, 1.807) is 17.5 Å². The molecule has 3 aromatic rings. The third kappa shape index (κ3) is 2.06. The SMILES string of the molecule is Cc1nnc2c(NCCc3ccsc3)nccn12. The van der Waals surface area contributed by atoms with Crippen molar-refractivity contribution in [3.63, 3.8) is 0 Å². The normalized spacial score (nSPS) is 10.9. The Morgan fingerprint density at radius 2 is 2.33 bits per heavy atom. The number of hydrogen-bond donors (Lipinski definition) is 1. The zero-order valence-electron chi connectivity index (χ0n) is 10.00. The fourth-order valence-electron chi connectivity index (χ4n) is 1.83. The molecule has 0 aliphatic rings. The van der Waals surface area contributed by atoms with Gasteiger partial charge in [0.2, 0.25) is 5.65 Å². The quantitative estimate of drug-likeness (QED) is 0.780. The van der Waals surface area contributed by atoms with Crippen molar-refractivity contribution in [2.45, 2.75) is 13.3 Å². The summed E-state index contributed by atoms with van der Waals surface area (Å²) in [6, 6.07) is 2.14. The molecule has 0 spiro atoms. The molecule has 0 saturated carbocycles. The Labute approximate surface area is 109 Å². The molecule has 0 saturated heterocycles. The molecular formula is C12H13N5S. The maximum absolute atomic E-state index is 4.31. The summed E-state index contributed by atoms with van der Waals surface area (Å²) in [6.45, 7) is 2.77. The second-order valence-corrected chi connectivity index (χ2v) is 4.81. The van der Waals surface area contributed by atoms with E-state index < -0.39 is 0 Å². The molecule has 3 rings (SSSR count). The summed E-state index contributed by atoms with van der Waals surface area (Å²) in [7, 11) is 0. The highest BCUT2D eigenvalue weighted by molar-refractivity contribution is 7.07. The third-order valence-corrected chi connectivity index (χ3v) is 3.52. The van der Waals surface area contributed by atoms with Gasteiger partial charge in [0.25, 0.3) is 0 Å². The number of nitrogens with one attached hydrogen (secondary N) is 1. The Bertz CT molecular complexity index is 644. The molecule has 0 radical (unpaired) electrons. The van der Waals surface area contributed by atoms with E-state index in [4.69, 9.17) is 0 Å².